The van der Waals surface area contributed by atoms with Crippen LogP contribution in [0.1, 0.15) is 43.1 Å². The van der Waals surface area contributed by atoms with E-state index in [-0.39, 0.29) is 11.5 Å². The number of phenolic OH excluding ortho intramolecular Hbond substituents is 2. The van der Waals surface area contributed by atoms with E-state index in [0.717, 1.165) is 51.9 Å². The summed E-state index contributed by atoms with van der Waals surface area (Å²) in [5.74, 6) is 1.16. The first-order valence-electron chi connectivity index (χ1n) is 9.30. The number of nitrogens with zero attached hydrogens (tertiary/aromatic N) is 6. The van der Waals surface area contributed by atoms with Crippen molar-refractivity contribution in [3.8, 4) is 11.5 Å². The van der Waals surface area contributed by atoms with E-state index in [9.17, 15) is 10.2 Å². The zero-order chi connectivity index (χ0) is 18.8. The number of anilines is 2. The normalized spacial score (nSPS) is 18.1. The van der Waals surface area contributed by atoms with Gasteiger partial charge in [-0.25, -0.2) is 5.53 Å². The largest absolute Gasteiger partial charge is 0.504 e. The molecule has 2 aliphatic rings. The van der Waals surface area contributed by atoms with Gasteiger partial charge in [0.1, 0.15) is 0 Å². The van der Waals surface area contributed by atoms with Crippen LogP contribution < -0.4 is 9.80 Å². The molecule has 0 aliphatic carbocycles. The number of phenols is 2. The summed E-state index contributed by atoms with van der Waals surface area (Å²) in [5.41, 5.74) is 8.22. The van der Waals surface area contributed by atoms with Crippen molar-refractivity contribution in [1.82, 2.24) is 15.0 Å². The second-order valence-corrected chi connectivity index (χ2v) is 6.96. The number of rotatable bonds is 5. The monoisotopic (exact) mass is 369 g/mol. The fourth-order valence-electron chi connectivity index (χ4n) is 3.60. The van der Waals surface area contributed by atoms with E-state index >= 15 is 0 Å². The summed E-state index contributed by atoms with van der Waals surface area (Å²) in [4.78, 5) is 18.2. The predicted octanol–water partition coefficient (Wildman–Crippen LogP) is 2.60. The Labute approximate surface area is 157 Å². The molecule has 9 nitrogen and oxygen atoms in total. The first-order valence-corrected chi connectivity index (χ1v) is 9.30. The maximum Gasteiger partial charge on any atom is 0.230 e. The van der Waals surface area contributed by atoms with E-state index in [2.05, 4.69) is 29.9 Å². The third kappa shape index (κ3) is 3.49. The van der Waals surface area contributed by atoms with Gasteiger partial charge in [-0.2, -0.15) is 20.1 Å². The maximum atomic E-state index is 9.82. The lowest BCUT2D eigenvalue weighted by atomic mass is 10.1. The molecule has 0 spiro atoms. The highest BCUT2D eigenvalue weighted by molar-refractivity contribution is 5.45. The Balaban J connectivity index is 1.76. The van der Waals surface area contributed by atoms with Gasteiger partial charge in [0, 0.05) is 26.2 Å². The Morgan fingerprint density at radius 3 is 1.89 bits per heavy atom. The highest BCUT2D eigenvalue weighted by Crippen LogP contribution is 2.33. The van der Waals surface area contributed by atoms with E-state index in [0.29, 0.717) is 23.3 Å². The van der Waals surface area contributed by atoms with E-state index in [4.69, 9.17) is 5.53 Å². The minimum atomic E-state index is -0.762. The Bertz CT molecular complexity index is 798. The zero-order valence-corrected chi connectivity index (χ0v) is 15.0. The molecule has 0 bridgehead atoms. The van der Waals surface area contributed by atoms with Gasteiger partial charge in [-0.15, -0.1) is 0 Å². The van der Waals surface area contributed by atoms with Crippen LogP contribution in [0.3, 0.4) is 0 Å². The quantitative estimate of drug-likeness (QED) is 0.547. The van der Waals surface area contributed by atoms with Crippen LogP contribution in [-0.4, -0.2) is 51.3 Å². The molecule has 4 rings (SSSR count). The van der Waals surface area contributed by atoms with Crippen molar-refractivity contribution in [2.75, 3.05) is 36.0 Å². The third-order valence-corrected chi connectivity index (χ3v) is 5.10. The number of hydrogen-bond donors (Lipinski definition) is 3. The van der Waals surface area contributed by atoms with Gasteiger partial charge >= 0.3 is 0 Å². The molecule has 0 saturated carbocycles. The second kappa shape index (κ2) is 7.34. The molecule has 142 valence electrons. The smallest absolute Gasteiger partial charge is 0.230 e. The summed E-state index contributed by atoms with van der Waals surface area (Å²) in [6.07, 6.45) is 4.44. The SMILES string of the molecule is N=NC(c1ccc(O)c(O)c1)c1nc(N2CCCC2)nc(N2CCCC2)n1. The molecule has 1 aromatic carbocycles. The molecular formula is C18H23N7O2. The highest BCUT2D eigenvalue weighted by atomic mass is 16.3. The first-order chi connectivity index (χ1) is 13.2. The molecule has 0 radical (unpaired) electrons. The molecule has 27 heavy (non-hydrogen) atoms. The summed E-state index contributed by atoms with van der Waals surface area (Å²) in [6.45, 7) is 3.63. The van der Waals surface area contributed by atoms with Crippen molar-refractivity contribution in [2.24, 2.45) is 5.11 Å². The van der Waals surface area contributed by atoms with Gasteiger partial charge in [0.25, 0.3) is 0 Å². The topological polar surface area (TPSA) is 122 Å². The molecule has 2 aromatic rings. The number of nitrogens with one attached hydrogen (secondary N) is 1. The van der Waals surface area contributed by atoms with Crippen LogP contribution in [0.5, 0.6) is 11.5 Å². The maximum absolute atomic E-state index is 9.82. The summed E-state index contributed by atoms with van der Waals surface area (Å²) in [7, 11) is 0. The Morgan fingerprint density at radius 2 is 1.41 bits per heavy atom. The second-order valence-electron chi connectivity index (χ2n) is 6.96. The third-order valence-electron chi connectivity index (χ3n) is 5.10. The van der Waals surface area contributed by atoms with E-state index in [1.54, 1.807) is 6.07 Å². The number of benzene rings is 1. The van der Waals surface area contributed by atoms with Crippen molar-refractivity contribution < 1.29 is 10.2 Å². The molecule has 0 amide bonds. The molecule has 2 saturated heterocycles. The number of aromatic nitrogens is 3. The first kappa shape index (κ1) is 17.4. The molecule has 1 atom stereocenters. The molecule has 1 unspecified atom stereocenters. The fraction of sp³-hybridized carbons (Fsp3) is 0.500. The van der Waals surface area contributed by atoms with Crippen LogP contribution in [0.25, 0.3) is 0 Å². The summed E-state index contributed by atoms with van der Waals surface area (Å²) >= 11 is 0. The predicted molar refractivity (Wildman–Crippen MR) is 99.5 cm³/mol. The summed E-state index contributed by atoms with van der Waals surface area (Å²) in [6, 6.07) is 3.63. The Kier molecular flexibility index (Phi) is 4.74. The molecule has 9 heteroatoms. The van der Waals surface area contributed by atoms with Crippen LogP contribution in [0.2, 0.25) is 0 Å². The van der Waals surface area contributed by atoms with Crippen molar-refractivity contribution in [1.29, 1.82) is 5.53 Å². The fourth-order valence-corrected chi connectivity index (χ4v) is 3.60. The lowest BCUT2D eigenvalue weighted by molar-refractivity contribution is 0.402. The minimum Gasteiger partial charge on any atom is -0.504 e. The van der Waals surface area contributed by atoms with E-state index < -0.39 is 6.04 Å². The van der Waals surface area contributed by atoms with Crippen LogP contribution in [-0.2, 0) is 0 Å². The van der Waals surface area contributed by atoms with Gasteiger partial charge in [-0.1, -0.05) is 6.07 Å². The molecule has 2 aliphatic heterocycles. The average Bonchev–Trinajstić information content (AvgIpc) is 3.39. The van der Waals surface area contributed by atoms with Gasteiger partial charge in [-0.05, 0) is 43.4 Å². The molecule has 1 aromatic heterocycles. The molecular weight excluding hydrogens is 346 g/mol. The van der Waals surface area contributed by atoms with Crippen LogP contribution in [0, 0.1) is 5.53 Å². The van der Waals surface area contributed by atoms with E-state index in [1.165, 1.54) is 12.1 Å². The summed E-state index contributed by atoms with van der Waals surface area (Å²) in [5, 5.41) is 23.1. The lowest BCUT2D eigenvalue weighted by Gasteiger charge is -2.22. The van der Waals surface area contributed by atoms with Gasteiger partial charge in [-0.3, -0.25) is 0 Å². The van der Waals surface area contributed by atoms with E-state index in [1.807, 2.05) is 0 Å². The molecule has 3 heterocycles. The van der Waals surface area contributed by atoms with Crippen LogP contribution >= 0.6 is 0 Å². The van der Waals surface area contributed by atoms with Gasteiger partial charge in [0.05, 0.1) is 0 Å². The van der Waals surface area contributed by atoms with Gasteiger partial charge in [0.15, 0.2) is 23.4 Å². The van der Waals surface area contributed by atoms with Gasteiger partial charge < -0.3 is 20.0 Å². The van der Waals surface area contributed by atoms with Crippen molar-refractivity contribution >= 4 is 11.9 Å². The zero-order valence-electron chi connectivity index (χ0n) is 15.0. The van der Waals surface area contributed by atoms with Crippen LogP contribution in [0.15, 0.2) is 23.3 Å². The summed E-state index contributed by atoms with van der Waals surface area (Å²) < 4.78 is 0. The number of aromatic hydroxyl groups is 2. The highest BCUT2D eigenvalue weighted by Gasteiger charge is 2.25. The molecule has 3 N–H and O–H groups in total. The van der Waals surface area contributed by atoms with Crippen molar-refractivity contribution in [3.05, 3.63) is 29.6 Å². The van der Waals surface area contributed by atoms with Crippen molar-refractivity contribution in [3.63, 3.8) is 0 Å². The Hall–Kier alpha value is -2.97. The number of hydrogen-bond acceptors (Lipinski definition) is 9. The van der Waals surface area contributed by atoms with Gasteiger partial charge in [0.2, 0.25) is 11.9 Å². The molecule has 2 fully saturated rings. The lowest BCUT2D eigenvalue weighted by Crippen LogP contribution is -2.26. The standard InChI is InChI=1S/C18H23N7O2/c19-23-15(12-5-6-13(26)14(27)11-12)16-20-17(24-7-1-2-8-24)22-18(21-16)25-9-3-4-10-25/h5-6,11,15,19,26-27H,1-4,7-10H2. The average molecular weight is 369 g/mol. The van der Waals surface area contributed by atoms with Crippen molar-refractivity contribution in [2.45, 2.75) is 31.7 Å². The van der Waals surface area contributed by atoms with Crippen LogP contribution in [0.4, 0.5) is 11.9 Å². The Morgan fingerprint density at radius 1 is 0.852 bits per heavy atom. The minimum absolute atomic E-state index is 0.214.